The molecule has 2 N–H and O–H groups in total. The van der Waals surface area contributed by atoms with E-state index in [0.717, 1.165) is 22.8 Å². The third-order valence-corrected chi connectivity index (χ3v) is 2.46. The molecule has 1 aromatic heterocycles. The quantitative estimate of drug-likeness (QED) is 0.880. The van der Waals surface area contributed by atoms with E-state index in [0.29, 0.717) is 6.61 Å². The van der Waals surface area contributed by atoms with Gasteiger partial charge in [-0.05, 0) is 31.5 Å². The van der Waals surface area contributed by atoms with Gasteiger partial charge in [0.1, 0.15) is 12.4 Å². The van der Waals surface area contributed by atoms with Crippen molar-refractivity contribution < 1.29 is 9.26 Å². The third-order valence-electron chi connectivity index (χ3n) is 2.46. The maximum absolute atomic E-state index is 5.77. The summed E-state index contributed by atoms with van der Waals surface area (Å²) in [7, 11) is 0. The van der Waals surface area contributed by atoms with Crippen molar-refractivity contribution in [2.45, 2.75) is 26.5 Å². The van der Waals surface area contributed by atoms with Gasteiger partial charge in [-0.3, -0.25) is 0 Å². The molecule has 0 saturated heterocycles. The first-order valence-corrected chi connectivity index (χ1v) is 5.55. The average Bonchev–Trinajstić information content (AvgIpc) is 2.73. The first kappa shape index (κ1) is 11.7. The summed E-state index contributed by atoms with van der Waals surface area (Å²) in [5.74, 6) is 1.52. The number of aryl methyl sites for hydroxylation is 1. The normalized spacial score (nSPS) is 12.4. The summed E-state index contributed by atoms with van der Waals surface area (Å²) >= 11 is 0. The lowest BCUT2D eigenvalue weighted by Gasteiger charge is -2.07. The van der Waals surface area contributed by atoms with Gasteiger partial charge in [0.05, 0.1) is 5.69 Å². The zero-order valence-electron chi connectivity index (χ0n) is 10.0. The average molecular weight is 232 g/mol. The number of rotatable bonds is 4. The highest BCUT2D eigenvalue weighted by atomic mass is 16.5. The standard InChI is InChI=1S/C13H16N2O2/c1-9-7-13(17-15-9)8-16-12-5-3-11(4-6-12)10(2)14/h3-7,10H,8,14H2,1-2H3. The van der Waals surface area contributed by atoms with Gasteiger partial charge in [-0.15, -0.1) is 0 Å². The van der Waals surface area contributed by atoms with Crippen LogP contribution in [0.1, 0.15) is 30.0 Å². The number of ether oxygens (including phenoxy) is 1. The fraction of sp³-hybridized carbons (Fsp3) is 0.308. The van der Waals surface area contributed by atoms with Crippen molar-refractivity contribution in [1.29, 1.82) is 0 Å². The smallest absolute Gasteiger partial charge is 0.174 e. The topological polar surface area (TPSA) is 61.3 Å². The summed E-state index contributed by atoms with van der Waals surface area (Å²) in [5.41, 5.74) is 7.72. The van der Waals surface area contributed by atoms with Crippen LogP contribution < -0.4 is 10.5 Å². The van der Waals surface area contributed by atoms with Crippen LogP contribution in [0.2, 0.25) is 0 Å². The molecule has 0 aliphatic rings. The summed E-state index contributed by atoms with van der Waals surface area (Å²) < 4.78 is 10.6. The van der Waals surface area contributed by atoms with Gasteiger partial charge in [0.2, 0.25) is 0 Å². The Labute approximate surface area is 100 Å². The van der Waals surface area contributed by atoms with E-state index in [1.165, 1.54) is 0 Å². The maximum atomic E-state index is 5.77. The van der Waals surface area contributed by atoms with Crippen molar-refractivity contribution in [3.8, 4) is 5.75 Å². The monoisotopic (exact) mass is 232 g/mol. The van der Waals surface area contributed by atoms with Crippen molar-refractivity contribution in [2.75, 3.05) is 0 Å². The van der Waals surface area contributed by atoms with Crippen LogP contribution in [0.5, 0.6) is 5.75 Å². The molecule has 2 aromatic rings. The first-order chi connectivity index (χ1) is 8.15. The lowest BCUT2D eigenvalue weighted by Crippen LogP contribution is -2.04. The lowest BCUT2D eigenvalue weighted by atomic mass is 10.1. The van der Waals surface area contributed by atoms with Gasteiger partial charge in [0.25, 0.3) is 0 Å². The summed E-state index contributed by atoms with van der Waals surface area (Å²) in [5, 5.41) is 3.79. The lowest BCUT2D eigenvalue weighted by molar-refractivity contribution is 0.248. The van der Waals surface area contributed by atoms with Crippen LogP contribution in [0.3, 0.4) is 0 Å². The molecule has 90 valence electrons. The van der Waals surface area contributed by atoms with Gasteiger partial charge < -0.3 is 15.0 Å². The second kappa shape index (κ2) is 5.01. The Bertz CT molecular complexity index is 474. The van der Waals surface area contributed by atoms with Crippen molar-refractivity contribution in [2.24, 2.45) is 5.73 Å². The summed E-state index contributed by atoms with van der Waals surface area (Å²) in [6.07, 6.45) is 0. The van der Waals surface area contributed by atoms with E-state index in [1.54, 1.807) is 0 Å². The largest absolute Gasteiger partial charge is 0.486 e. The molecule has 2 rings (SSSR count). The van der Waals surface area contributed by atoms with E-state index >= 15 is 0 Å². The van der Waals surface area contributed by atoms with E-state index in [-0.39, 0.29) is 6.04 Å². The maximum Gasteiger partial charge on any atom is 0.174 e. The Morgan fingerprint density at radius 1 is 1.35 bits per heavy atom. The van der Waals surface area contributed by atoms with Crippen LogP contribution in [0.15, 0.2) is 34.9 Å². The molecule has 0 spiro atoms. The molecule has 0 fully saturated rings. The summed E-state index contributed by atoms with van der Waals surface area (Å²) in [6.45, 7) is 4.22. The minimum atomic E-state index is 0.0426. The minimum Gasteiger partial charge on any atom is -0.486 e. The summed E-state index contributed by atoms with van der Waals surface area (Å²) in [6, 6.07) is 9.64. The molecule has 0 radical (unpaired) electrons. The molecule has 1 unspecified atom stereocenters. The number of nitrogens with two attached hydrogens (primary N) is 1. The van der Waals surface area contributed by atoms with E-state index < -0.39 is 0 Å². The molecule has 1 atom stereocenters. The molecule has 4 nitrogen and oxygen atoms in total. The fourth-order valence-electron chi connectivity index (χ4n) is 1.51. The van der Waals surface area contributed by atoms with Gasteiger partial charge >= 0.3 is 0 Å². The van der Waals surface area contributed by atoms with Crippen LogP contribution >= 0.6 is 0 Å². The third kappa shape index (κ3) is 3.07. The molecule has 0 aliphatic carbocycles. The molecular weight excluding hydrogens is 216 g/mol. The highest BCUT2D eigenvalue weighted by molar-refractivity contribution is 5.28. The van der Waals surface area contributed by atoms with E-state index in [4.69, 9.17) is 15.0 Å². The number of nitrogens with zero attached hydrogens (tertiary/aromatic N) is 1. The van der Waals surface area contributed by atoms with Crippen LogP contribution in [0.4, 0.5) is 0 Å². The number of benzene rings is 1. The van der Waals surface area contributed by atoms with Crippen LogP contribution in [-0.2, 0) is 6.61 Å². The van der Waals surface area contributed by atoms with Crippen molar-refractivity contribution in [3.63, 3.8) is 0 Å². The molecule has 0 amide bonds. The Morgan fingerprint density at radius 3 is 2.59 bits per heavy atom. The van der Waals surface area contributed by atoms with Crippen LogP contribution in [0.25, 0.3) is 0 Å². The van der Waals surface area contributed by atoms with Crippen molar-refractivity contribution in [3.05, 3.63) is 47.3 Å². The number of hydrogen-bond donors (Lipinski definition) is 1. The molecule has 0 saturated carbocycles. The van der Waals surface area contributed by atoms with E-state index in [2.05, 4.69) is 5.16 Å². The molecule has 1 heterocycles. The Balaban J connectivity index is 1.95. The second-order valence-corrected chi connectivity index (χ2v) is 4.08. The summed E-state index contributed by atoms with van der Waals surface area (Å²) in [4.78, 5) is 0. The molecule has 4 heteroatoms. The highest BCUT2D eigenvalue weighted by Gasteiger charge is 2.03. The molecule has 0 aliphatic heterocycles. The predicted octanol–water partition coefficient (Wildman–Crippen LogP) is 2.58. The van der Waals surface area contributed by atoms with Gasteiger partial charge in [0.15, 0.2) is 5.76 Å². The van der Waals surface area contributed by atoms with E-state index in [9.17, 15) is 0 Å². The van der Waals surface area contributed by atoms with Gasteiger partial charge in [-0.2, -0.15) is 0 Å². The number of hydrogen-bond acceptors (Lipinski definition) is 4. The molecular formula is C13H16N2O2. The Morgan fingerprint density at radius 2 is 2.06 bits per heavy atom. The Kier molecular flexibility index (Phi) is 3.44. The first-order valence-electron chi connectivity index (χ1n) is 5.55. The highest BCUT2D eigenvalue weighted by Crippen LogP contribution is 2.17. The van der Waals surface area contributed by atoms with Crippen molar-refractivity contribution in [1.82, 2.24) is 5.16 Å². The molecule has 0 bridgehead atoms. The van der Waals surface area contributed by atoms with Crippen molar-refractivity contribution >= 4 is 0 Å². The molecule has 1 aromatic carbocycles. The van der Waals surface area contributed by atoms with E-state index in [1.807, 2.05) is 44.2 Å². The SMILES string of the molecule is Cc1cc(COc2ccc(C(C)N)cc2)on1. The van der Waals surface area contributed by atoms with Crippen LogP contribution in [0, 0.1) is 6.92 Å². The number of aromatic nitrogens is 1. The predicted molar refractivity (Wildman–Crippen MR) is 64.6 cm³/mol. The zero-order valence-corrected chi connectivity index (χ0v) is 10.0. The van der Waals surface area contributed by atoms with Gasteiger partial charge in [-0.25, -0.2) is 0 Å². The fourth-order valence-corrected chi connectivity index (χ4v) is 1.51. The minimum absolute atomic E-state index is 0.0426. The van der Waals surface area contributed by atoms with Crippen LogP contribution in [-0.4, -0.2) is 5.16 Å². The van der Waals surface area contributed by atoms with Gasteiger partial charge in [-0.1, -0.05) is 17.3 Å². The Hall–Kier alpha value is -1.81. The van der Waals surface area contributed by atoms with Gasteiger partial charge in [0, 0.05) is 12.1 Å². The second-order valence-electron chi connectivity index (χ2n) is 4.08. The molecule has 17 heavy (non-hydrogen) atoms. The zero-order chi connectivity index (χ0) is 12.3.